The summed E-state index contributed by atoms with van der Waals surface area (Å²) in [6, 6.07) is 19.6. The van der Waals surface area contributed by atoms with Gasteiger partial charge in [-0.2, -0.15) is 0 Å². The van der Waals surface area contributed by atoms with Crippen LogP contribution in [0, 0.1) is 0 Å². The van der Waals surface area contributed by atoms with Gasteiger partial charge in [-0.3, -0.25) is 0 Å². The fraction of sp³-hybridized carbons (Fsp3) is 0.292. The van der Waals surface area contributed by atoms with Gasteiger partial charge in [-0.05, 0) is 48.7 Å². The van der Waals surface area contributed by atoms with Crippen molar-refractivity contribution < 1.29 is 9.53 Å². The van der Waals surface area contributed by atoms with Gasteiger partial charge in [0.15, 0.2) is 0 Å². The van der Waals surface area contributed by atoms with Crippen LogP contribution in [0.25, 0.3) is 5.69 Å². The summed E-state index contributed by atoms with van der Waals surface area (Å²) in [7, 11) is 0. The minimum absolute atomic E-state index is 0.110. The number of urea groups is 1. The number of nitrogens with one attached hydrogen (secondary N) is 1. The van der Waals surface area contributed by atoms with Crippen LogP contribution >= 0.6 is 11.6 Å². The standard InChI is InChI=1S/C24H26ClN3O2/c1-2-30-16-8-14-26-24(29)28-17-18-9-3-6-12-21(18)27-15-7-13-22(27)23(28)19-10-4-5-11-20(19)25/h3-7,9-13,15,23H,2,8,14,16-17H2,1H3,(H,26,29)/t23-/m1/s1. The first-order valence-electron chi connectivity index (χ1n) is 10.3. The fourth-order valence-corrected chi connectivity index (χ4v) is 4.22. The minimum Gasteiger partial charge on any atom is -0.382 e. The van der Waals surface area contributed by atoms with E-state index >= 15 is 0 Å². The molecule has 5 nitrogen and oxygen atoms in total. The largest absolute Gasteiger partial charge is 0.382 e. The number of halogens is 1. The highest BCUT2D eigenvalue weighted by Gasteiger charge is 2.33. The molecule has 0 saturated heterocycles. The minimum atomic E-state index is -0.298. The Labute approximate surface area is 182 Å². The average Bonchev–Trinajstić information content (AvgIpc) is 3.19. The molecule has 1 atom stereocenters. The molecule has 0 fully saturated rings. The zero-order valence-electron chi connectivity index (χ0n) is 17.1. The Morgan fingerprint density at radius 2 is 1.93 bits per heavy atom. The van der Waals surface area contributed by atoms with Crippen LogP contribution in [0.5, 0.6) is 0 Å². The summed E-state index contributed by atoms with van der Waals surface area (Å²) >= 11 is 6.60. The molecule has 0 bridgehead atoms. The van der Waals surface area contributed by atoms with Gasteiger partial charge in [0.05, 0.1) is 17.9 Å². The number of carbonyl (C=O) groups excluding carboxylic acids is 1. The van der Waals surface area contributed by atoms with E-state index in [1.165, 1.54) is 0 Å². The van der Waals surface area contributed by atoms with Gasteiger partial charge in [0.1, 0.15) is 6.04 Å². The number of amides is 2. The van der Waals surface area contributed by atoms with Gasteiger partial charge < -0.3 is 19.5 Å². The van der Waals surface area contributed by atoms with Crippen LogP contribution in [0.4, 0.5) is 4.79 Å². The third-order valence-corrected chi connectivity index (χ3v) is 5.71. The quantitative estimate of drug-likeness (QED) is 0.556. The number of fused-ring (bicyclic) bond motifs is 3. The van der Waals surface area contributed by atoms with E-state index in [1.54, 1.807) is 0 Å². The lowest BCUT2D eigenvalue weighted by Gasteiger charge is -2.31. The first kappa shape index (κ1) is 20.5. The van der Waals surface area contributed by atoms with Crippen molar-refractivity contribution in [3.63, 3.8) is 0 Å². The van der Waals surface area contributed by atoms with Gasteiger partial charge in [-0.15, -0.1) is 0 Å². The average molecular weight is 424 g/mol. The second-order valence-corrected chi connectivity index (χ2v) is 7.67. The molecule has 6 heteroatoms. The maximum Gasteiger partial charge on any atom is 0.318 e. The number of aromatic nitrogens is 1. The second kappa shape index (κ2) is 9.37. The molecule has 0 radical (unpaired) electrons. The highest BCUT2D eigenvalue weighted by molar-refractivity contribution is 6.31. The molecule has 30 heavy (non-hydrogen) atoms. The van der Waals surface area contributed by atoms with Crippen molar-refractivity contribution >= 4 is 17.6 Å². The Hall–Kier alpha value is -2.76. The molecule has 156 valence electrons. The van der Waals surface area contributed by atoms with Crippen molar-refractivity contribution in [1.82, 2.24) is 14.8 Å². The van der Waals surface area contributed by atoms with Crippen LogP contribution in [-0.2, 0) is 11.3 Å². The van der Waals surface area contributed by atoms with E-state index < -0.39 is 0 Å². The molecule has 0 saturated carbocycles. The summed E-state index contributed by atoms with van der Waals surface area (Å²) in [5, 5.41) is 3.72. The summed E-state index contributed by atoms with van der Waals surface area (Å²) < 4.78 is 7.54. The molecule has 0 spiro atoms. The monoisotopic (exact) mass is 423 g/mol. The number of carbonyl (C=O) groups is 1. The molecule has 3 aromatic rings. The zero-order chi connectivity index (χ0) is 20.9. The third-order valence-electron chi connectivity index (χ3n) is 5.37. The summed E-state index contributed by atoms with van der Waals surface area (Å²) in [5.41, 5.74) is 4.10. The van der Waals surface area contributed by atoms with E-state index in [0.29, 0.717) is 31.3 Å². The zero-order valence-corrected chi connectivity index (χ0v) is 17.8. The van der Waals surface area contributed by atoms with Crippen LogP contribution < -0.4 is 5.32 Å². The molecule has 0 aliphatic carbocycles. The van der Waals surface area contributed by atoms with Crippen LogP contribution in [0.2, 0.25) is 5.02 Å². The molecule has 1 aliphatic rings. The number of hydrogen-bond acceptors (Lipinski definition) is 2. The normalized spacial score (nSPS) is 15.3. The molecule has 2 aromatic carbocycles. The molecular weight excluding hydrogens is 398 g/mol. The van der Waals surface area contributed by atoms with E-state index in [9.17, 15) is 4.79 Å². The third kappa shape index (κ3) is 4.09. The van der Waals surface area contributed by atoms with Gasteiger partial charge in [0.25, 0.3) is 0 Å². The number of ether oxygens (including phenoxy) is 1. The Morgan fingerprint density at radius 1 is 1.13 bits per heavy atom. The summed E-state index contributed by atoms with van der Waals surface area (Å²) in [6.45, 7) is 4.34. The van der Waals surface area contributed by atoms with Crippen molar-refractivity contribution in [2.24, 2.45) is 0 Å². The molecule has 0 unspecified atom stereocenters. The van der Waals surface area contributed by atoms with Crippen molar-refractivity contribution in [3.05, 3.63) is 88.7 Å². The van der Waals surface area contributed by atoms with E-state index in [2.05, 4.69) is 28.1 Å². The van der Waals surface area contributed by atoms with Crippen molar-refractivity contribution in [1.29, 1.82) is 0 Å². The van der Waals surface area contributed by atoms with Gasteiger partial charge in [0.2, 0.25) is 0 Å². The lowest BCUT2D eigenvalue weighted by atomic mass is 10.0. The van der Waals surface area contributed by atoms with Crippen LogP contribution in [-0.4, -0.2) is 35.3 Å². The fourth-order valence-electron chi connectivity index (χ4n) is 3.98. The SMILES string of the molecule is CCOCCCNC(=O)N1Cc2ccccc2-n2cccc2[C@H]1c1ccccc1Cl. The molecule has 4 rings (SSSR count). The summed E-state index contributed by atoms with van der Waals surface area (Å²) in [6.07, 6.45) is 2.82. The van der Waals surface area contributed by atoms with Gasteiger partial charge in [-0.25, -0.2) is 4.79 Å². The Balaban J connectivity index is 1.73. The van der Waals surface area contributed by atoms with Crippen LogP contribution in [0.15, 0.2) is 66.9 Å². The number of para-hydroxylation sites is 1. The van der Waals surface area contributed by atoms with E-state index in [4.69, 9.17) is 16.3 Å². The predicted octanol–water partition coefficient (Wildman–Crippen LogP) is 5.17. The van der Waals surface area contributed by atoms with Crippen LogP contribution in [0.1, 0.15) is 36.2 Å². The number of benzene rings is 2. The first-order valence-corrected chi connectivity index (χ1v) is 10.7. The van der Waals surface area contributed by atoms with E-state index in [1.807, 2.05) is 60.5 Å². The Morgan fingerprint density at radius 3 is 2.77 bits per heavy atom. The molecule has 1 N–H and O–H groups in total. The smallest absolute Gasteiger partial charge is 0.318 e. The number of nitrogens with zero attached hydrogens (tertiary/aromatic N) is 2. The maximum absolute atomic E-state index is 13.3. The summed E-state index contributed by atoms with van der Waals surface area (Å²) in [5.74, 6) is 0. The summed E-state index contributed by atoms with van der Waals surface area (Å²) in [4.78, 5) is 15.2. The van der Waals surface area contributed by atoms with E-state index in [0.717, 1.165) is 28.9 Å². The molecule has 2 amide bonds. The second-order valence-electron chi connectivity index (χ2n) is 7.27. The highest BCUT2D eigenvalue weighted by atomic mass is 35.5. The van der Waals surface area contributed by atoms with Crippen molar-refractivity contribution in [2.75, 3.05) is 19.8 Å². The lowest BCUT2D eigenvalue weighted by Crippen LogP contribution is -2.42. The first-order chi connectivity index (χ1) is 14.7. The highest BCUT2D eigenvalue weighted by Crippen LogP contribution is 2.38. The van der Waals surface area contributed by atoms with Gasteiger partial charge in [-0.1, -0.05) is 48.0 Å². The predicted molar refractivity (Wildman–Crippen MR) is 119 cm³/mol. The molecular formula is C24H26ClN3O2. The Bertz CT molecular complexity index is 1020. The molecule has 1 aliphatic heterocycles. The number of hydrogen-bond donors (Lipinski definition) is 1. The van der Waals surface area contributed by atoms with E-state index in [-0.39, 0.29) is 12.1 Å². The Kier molecular flexibility index (Phi) is 6.41. The molecule has 2 heterocycles. The van der Waals surface area contributed by atoms with Gasteiger partial charge >= 0.3 is 6.03 Å². The molecule has 1 aromatic heterocycles. The van der Waals surface area contributed by atoms with Crippen LogP contribution in [0.3, 0.4) is 0 Å². The lowest BCUT2D eigenvalue weighted by molar-refractivity contribution is 0.143. The number of rotatable bonds is 6. The van der Waals surface area contributed by atoms with Gasteiger partial charge in [0, 0.05) is 31.0 Å². The topological polar surface area (TPSA) is 46.5 Å². The van der Waals surface area contributed by atoms with Crippen molar-refractivity contribution in [2.45, 2.75) is 25.9 Å². The maximum atomic E-state index is 13.3. The van der Waals surface area contributed by atoms with Crippen molar-refractivity contribution in [3.8, 4) is 5.69 Å².